The summed E-state index contributed by atoms with van der Waals surface area (Å²) in [5.74, 6) is 0.495. The number of H-pyrrole nitrogens is 2. The van der Waals surface area contributed by atoms with Crippen LogP contribution in [0.3, 0.4) is 0 Å². The van der Waals surface area contributed by atoms with Gasteiger partial charge in [-0.3, -0.25) is 4.79 Å². The van der Waals surface area contributed by atoms with Crippen LogP contribution in [0.2, 0.25) is 0 Å². The molecule has 16 heteroatoms. The summed E-state index contributed by atoms with van der Waals surface area (Å²) in [5, 5.41) is 44.0. The average Bonchev–Trinajstić information content (AvgIpc) is 3.96. The Balaban J connectivity index is 0.000000157. The normalized spacial score (nSPS) is 19.2. The number of aryl methyl sites for hydroxylation is 4. The van der Waals surface area contributed by atoms with Crippen molar-refractivity contribution >= 4 is 57.2 Å². The number of rotatable bonds is 8. The van der Waals surface area contributed by atoms with Crippen molar-refractivity contribution in [2.75, 3.05) is 14.1 Å². The lowest BCUT2D eigenvalue weighted by Crippen LogP contribution is -2.31. The van der Waals surface area contributed by atoms with Crippen molar-refractivity contribution in [3.8, 4) is 0 Å². The fourth-order valence-electron chi connectivity index (χ4n) is 7.64. The number of amides is 1. The molecule has 0 aromatic carbocycles. The number of tetrazole rings is 2. The van der Waals surface area contributed by atoms with E-state index in [1.807, 2.05) is 6.07 Å². The number of nitrogens with zero attached hydrogens (tertiary/aromatic N) is 7. The van der Waals surface area contributed by atoms with Crippen molar-refractivity contribution in [2.24, 2.45) is 0 Å². The first kappa shape index (κ1) is 34.3. The minimum atomic E-state index is -0.878. The molecule has 0 saturated heterocycles. The highest BCUT2D eigenvalue weighted by Crippen LogP contribution is 2.51. The Labute approximate surface area is 305 Å². The highest BCUT2D eigenvalue weighted by molar-refractivity contribution is 7.14. The number of fused-ring (bicyclic) bond motifs is 4. The number of aromatic nitrogens is 8. The van der Waals surface area contributed by atoms with Crippen LogP contribution in [0.5, 0.6) is 0 Å². The number of carbonyl (C=O) groups excluding carboxylic acids is 1. The lowest BCUT2D eigenvalue weighted by molar-refractivity contribution is 0.0701. The molecule has 8 rings (SSSR count). The summed E-state index contributed by atoms with van der Waals surface area (Å²) in [6.45, 7) is 4.31. The van der Waals surface area contributed by atoms with Crippen molar-refractivity contribution in [3.05, 3.63) is 98.2 Å². The third-order valence-electron chi connectivity index (χ3n) is 9.64. The summed E-state index contributed by atoms with van der Waals surface area (Å²) in [6.07, 6.45) is 7.32. The van der Waals surface area contributed by atoms with Crippen molar-refractivity contribution in [1.29, 1.82) is 0 Å². The number of hydrogen-bond donors (Lipinski definition) is 3. The molecule has 6 heterocycles. The molecule has 0 radical (unpaired) electrons. The second-order valence-electron chi connectivity index (χ2n) is 12.7. The smallest absolute Gasteiger partial charge is 0.345 e. The molecule has 2 unspecified atom stereocenters. The Morgan fingerprint density at radius 2 is 1.20 bits per heavy atom. The van der Waals surface area contributed by atoms with Crippen LogP contribution in [0, 0.1) is 0 Å². The van der Waals surface area contributed by atoms with Gasteiger partial charge in [-0.05, 0) is 95.8 Å². The summed E-state index contributed by atoms with van der Waals surface area (Å²) in [4.78, 5) is 32.0. The molecule has 50 heavy (non-hydrogen) atoms. The summed E-state index contributed by atoms with van der Waals surface area (Å²) in [5.41, 5.74) is 3.71. The standard InChI is InChI=1S/C18H21N5OS2.C16H16N4O2S2/c1-4-8-18(17-19-21-22-20-17)11-7-9-25-13(11)5-6-14-12(18)10-15(26-14)16(24)23(2)3;1-2-6-16(15-17-19-20-18-15)9-5-7-23-11(9)3-4-12-10(16)8-13(24-12)14(21)22/h7,9-10H,4-6,8H2,1-3H3,(H,19,20,21,22);5,7-8H,2-4,6H2,1H3,(H,21,22)(H,17,18,19,20). The summed E-state index contributed by atoms with van der Waals surface area (Å²) in [7, 11) is 3.59. The quantitative estimate of drug-likeness (QED) is 0.157. The molecule has 0 fully saturated rings. The molecule has 2 aliphatic carbocycles. The fraction of sp³-hybridized carbons (Fsp3) is 0.412. The number of carboxylic acids is 1. The number of nitrogens with one attached hydrogen (secondary N) is 2. The van der Waals surface area contributed by atoms with Gasteiger partial charge in [-0.2, -0.15) is 10.4 Å². The van der Waals surface area contributed by atoms with Crippen LogP contribution in [0.15, 0.2) is 35.0 Å². The molecule has 3 N–H and O–H groups in total. The van der Waals surface area contributed by atoms with Gasteiger partial charge >= 0.3 is 5.97 Å². The van der Waals surface area contributed by atoms with E-state index in [1.165, 1.54) is 42.7 Å². The molecule has 2 aliphatic rings. The predicted molar refractivity (Wildman–Crippen MR) is 195 cm³/mol. The Bertz CT molecular complexity index is 2110. The number of hydrogen-bond acceptors (Lipinski definition) is 12. The van der Waals surface area contributed by atoms with Crippen LogP contribution in [0.4, 0.5) is 0 Å². The molecule has 0 bridgehead atoms. The number of carboxylic acid groups (broad SMARTS) is 1. The number of aromatic amines is 2. The predicted octanol–water partition coefficient (Wildman–Crippen LogP) is 6.51. The van der Waals surface area contributed by atoms with Crippen LogP contribution in [0.1, 0.15) is 112 Å². The maximum atomic E-state index is 12.6. The lowest BCUT2D eigenvalue weighted by Gasteiger charge is -2.30. The highest BCUT2D eigenvalue weighted by atomic mass is 32.1. The Hall–Kier alpha value is -4.12. The monoisotopic (exact) mass is 747 g/mol. The maximum Gasteiger partial charge on any atom is 0.345 e. The summed E-state index contributed by atoms with van der Waals surface area (Å²) < 4.78 is 0. The molecular formula is C34H37N9O3S4. The first-order valence-corrected chi connectivity index (χ1v) is 20.0. The van der Waals surface area contributed by atoms with Crippen LogP contribution >= 0.6 is 45.3 Å². The van der Waals surface area contributed by atoms with E-state index in [-0.39, 0.29) is 5.91 Å². The molecule has 0 saturated carbocycles. The molecule has 0 spiro atoms. The van der Waals surface area contributed by atoms with E-state index in [0.29, 0.717) is 16.5 Å². The molecule has 6 aromatic heterocycles. The Morgan fingerprint density at radius 3 is 1.62 bits per heavy atom. The van der Waals surface area contributed by atoms with E-state index in [1.54, 1.807) is 53.0 Å². The Morgan fingerprint density at radius 1 is 0.740 bits per heavy atom. The number of aromatic carboxylic acids is 1. The molecule has 0 aliphatic heterocycles. The van der Waals surface area contributed by atoms with Crippen LogP contribution in [-0.2, 0) is 36.5 Å². The van der Waals surface area contributed by atoms with E-state index >= 15 is 0 Å². The number of thiophene rings is 4. The second kappa shape index (κ2) is 13.9. The zero-order valence-corrected chi connectivity index (χ0v) is 31.4. The molecule has 2 atom stereocenters. The highest BCUT2D eigenvalue weighted by Gasteiger charge is 2.47. The van der Waals surface area contributed by atoms with E-state index in [2.05, 4.69) is 84.1 Å². The van der Waals surface area contributed by atoms with Gasteiger partial charge in [-0.15, -0.1) is 65.7 Å². The summed E-state index contributed by atoms with van der Waals surface area (Å²) in [6, 6.07) is 8.23. The molecule has 12 nitrogen and oxygen atoms in total. The molecule has 1 amide bonds. The maximum absolute atomic E-state index is 12.6. The van der Waals surface area contributed by atoms with Crippen molar-refractivity contribution in [2.45, 2.75) is 76.0 Å². The van der Waals surface area contributed by atoms with Crippen molar-refractivity contribution < 1.29 is 14.7 Å². The molecular weight excluding hydrogens is 711 g/mol. The first-order valence-electron chi connectivity index (χ1n) is 16.6. The van der Waals surface area contributed by atoms with E-state index < -0.39 is 16.8 Å². The largest absolute Gasteiger partial charge is 0.477 e. The lowest BCUT2D eigenvalue weighted by atomic mass is 9.71. The van der Waals surface area contributed by atoms with Gasteiger partial charge in [-0.25, -0.2) is 4.79 Å². The third-order valence-corrected chi connectivity index (χ3v) is 14.0. The van der Waals surface area contributed by atoms with Gasteiger partial charge in [0.25, 0.3) is 5.91 Å². The van der Waals surface area contributed by atoms with E-state index in [9.17, 15) is 14.7 Å². The first-order chi connectivity index (χ1) is 24.2. The van der Waals surface area contributed by atoms with Gasteiger partial charge in [0.1, 0.15) is 4.88 Å². The average molecular weight is 748 g/mol. The Kier molecular flexibility index (Phi) is 9.54. The van der Waals surface area contributed by atoms with Crippen LogP contribution in [-0.4, -0.2) is 77.2 Å². The van der Waals surface area contributed by atoms with E-state index in [4.69, 9.17) is 0 Å². The van der Waals surface area contributed by atoms with Gasteiger partial charge in [-0.1, -0.05) is 37.1 Å². The second-order valence-corrected chi connectivity index (χ2v) is 17.0. The molecule has 6 aromatic rings. The van der Waals surface area contributed by atoms with E-state index in [0.717, 1.165) is 66.7 Å². The molecule has 260 valence electrons. The SMILES string of the molecule is CCCC1(c2nn[nH]n2)c2ccsc2CCc2sc(C(=O)N(C)C)cc21.CCCC1(c2nn[nH]n2)c2ccsc2CCc2sc(C(=O)O)cc21. The van der Waals surface area contributed by atoms with Crippen LogP contribution in [0.25, 0.3) is 0 Å². The van der Waals surface area contributed by atoms with Crippen molar-refractivity contribution in [1.82, 2.24) is 46.1 Å². The minimum absolute atomic E-state index is 0.0483. The number of carbonyl (C=O) groups is 2. The van der Waals surface area contributed by atoms with Gasteiger partial charge in [0, 0.05) is 33.6 Å². The van der Waals surface area contributed by atoms with Gasteiger partial charge in [0.05, 0.1) is 15.7 Å². The summed E-state index contributed by atoms with van der Waals surface area (Å²) >= 11 is 6.53. The topological polar surface area (TPSA) is 167 Å². The van der Waals surface area contributed by atoms with Crippen LogP contribution < -0.4 is 0 Å². The van der Waals surface area contributed by atoms with Gasteiger partial charge < -0.3 is 10.0 Å². The minimum Gasteiger partial charge on any atom is -0.477 e. The van der Waals surface area contributed by atoms with Crippen molar-refractivity contribution in [3.63, 3.8) is 0 Å². The zero-order valence-electron chi connectivity index (χ0n) is 28.1. The van der Waals surface area contributed by atoms with Gasteiger partial charge in [0.15, 0.2) is 11.6 Å². The van der Waals surface area contributed by atoms with Gasteiger partial charge in [0.2, 0.25) is 0 Å². The zero-order chi connectivity index (χ0) is 35.0. The third kappa shape index (κ3) is 5.61. The fourth-order valence-corrected chi connectivity index (χ4v) is 11.9.